The van der Waals surface area contributed by atoms with Gasteiger partial charge < -0.3 is 5.32 Å². The summed E-state index contributed by atoms with van der Waals surface area (Å²) in [4.78, 5) is 11.9. The monoisotopic (exact) mass is 332 g/mol. The van der Waals surface area contributed by atoms with Crippen molar-refractivity contribution in [2.45, 2.75) is 32.1 Å². The fourth-order valence-electron chi connectivity index (χ4n) is 1.89. The predicted octanol–water partition coefficient (Wildman–Crippen LogP) is 2.51. The van der Waals surface area contributed by atoms with Crippen LogP contribution in [0.5, 0.6) is 0 Å². The average Bonchev–Trinajstić information content (AvgIpc) is 2.46. The highest BCUT2D eigenvalue weighted by Gasteiger charge is 2.25. The fraction of sp³-hybridized carbons (Fsp3) is 0.500. The molecular weight excluding hydrogens is 312 g/mol. The Morgan fingerprint density at radius 1 is 1.24 bits per heavy atom. The second-order valence-electron chi connectivity index (χ2n) is 4.49. The molecule has 1 aromatic rings. The van der Waals surface area contributed by atoms with Gasteiger partial charge in [0.05, 0.1) is 5.02 Å². The van der Waals surface area contributed by atoms with Gasteiger partial charge in [-0.25, -0.2) is 8.42 Å². The summed E-state index contributed by atoms with van der Waals surface area (Å²) >= 11 is 6.01. The maximum absolute atomic E-state index is 12.5. The van der Waals surface area contributed by atoms with E-state index in [-0.39, 0.29) is 15.8 Å². The molecule has 0 unspecified atom stereocenters. The van der Waals surface area contributed by atoms with E-state index >= 15 is 0 Å². The molecule has 0 spiro atoms. The van der Waals surface area contributed by atoms with Gasteiger partial charge in [0.25, 0.3) is 5.91 Å². The summed E-state index contributed by atoms with van der Waals surface area (Å²) in [6.45, 7) is 6.69. The Kier molecular flexibility index (Phi) is 6.64. The highest BCUT2D eigenvalue weighted by atomic mass is 35.5. The SMILES string of the molecule is CCCNC(=O)c1ccc(Cl)c(S(=O)(=O)N(CC)CC)c1. The zero-order chi connectivity index (χ0) is 16.0. The first-order chi connectivity index (χ1) is 9.88. The number of nitrogens with one attached hydrogen (secondary N) is 1. The lowest BCUT2D eigenvalue weighted by molar-refractivity contribution is 0.0953. The van der Waals surface area contributed by atoms with Gasteiger partial charge in [0, 0.05) is 25.2 Å². The van der Waals surface area contributed by atoms with Gasteiger partial charge in [0.15, 0.2) is 0 Å². The minimum Gasteiger partial charge on any atom is -0.352 e. The Morgan fingerprint density at radius 3 is 2.38 bits per heavy atom. The largest absolute Gasteiger partial charge is 0.352 e. The number of benzene rings is 1. The van der Waals surface area contributed by atoms with Crippen LogP contribution in [0.2, 0.25) is 5.02 Å². The molecule has 118 valence electrons. The van der Waals surface area contributed by atoms with Crippen LogP contribution in [0, 0.1) is 0 Å². The highest BCUT2D eigenvalue weighted by molar-refractivity contribution is 7.89. The Hall–Kier alpha value is -1.11. The number of hydrogen-bond donors (Lipinski definition) is 1. The summed E-state index contributed by atoms with van der Waals surface area (Å²) in [5, 5.41) is 2.83. The smallest absolute Gasteiger partial charge is 0.251 e. The van der Waals surface area contributed by atoms with Gasteiger partial charge in [0.1, 0.15) is 4.90 Å². The van der Waals surface area contributed by atoms with Crippen LogP contribution in [0.25, 0.3) is 0 Å². The summed E-state index contributed by atoms with van der Waals surface area (Å²) < 4.78 is 26.3. The molecule has 0 atom stereocenters. The molecule has 0 aliphatic carbocycles. The van der Waals surface area contributed by atoms with Gasteiger partial charge in [-0.2, -0.15) is 4.31 Å². The van der Waals surface area contributed by atoms with Crippen LogP contribution >= 0.6 is 11.6 Å². The molecule has 0 aliphatic rings. The van der Waals surface area contributed by atoms with E-state index in [9.17, 15) is 13.2 Å². The molecule has 0 aromatic heterocycles. The number of hydrogen-bond acceptors (Lipinski definition) is 3. The lowest BCUT2D eigenvalue weighted by atomic mass is 10.2. The molecule has 1 aromatic carbocycles. The Labute approximate surface area is 131 Å². The molecule has 1 rings (SSSR count). The van der Waals surface area contributed by atoms with E-state index in [4.69, 9.17) is 11.6 Å². The van der Waals surface area contributed by atoms with Crippen molar-refractivity contribution in [2.24, 2.45) is 0 Å². The highest BCUT2D eigenvalue weighted by Crippen LogP contribution is 2.25. The molecule has 21 heavy (non-hydrogen) atoms. The van der Waals surface area contributed by atoms with Gasteiger partial charge >= 0.3 is 0 Å². The van der Waals surface area contributed by atoms with Crippen molar-refractivity contribution in [3.63, 3.8) is 0 Å². The van der Waals surface area contributed by atoms with Gasteiger partial charge in [-0.05, 0) is 24.6 Å². The van der Waals surface area contributed by atoms with Crippen LogP contribution < -0.4 is 5.32 Å². The summed E-state index contributed by atoms with van der Waals surface area (Å²) in [5.41, 5.74) is 0.290. The Morgan fingerprint density at radius 2 is 1.86 bits per heavy atom. The molecule has 1 amide bonds. The van der Waals surface area contributed by atoms with Gasteiger partial charge in [0.2, 0.25) is 10.0 Å². The van der Waals surface area contributed by atoms with Crippen molar-refractivity contribution in [1.29, 1.82) is 0 Å². The van der Waals surface area contributed by atoms with Crippen LogP contribution in [0.4, 0.5) is 0 Å². The predicted molar refractivity (Wildman–Crippen MR) is 84.2 cm³/mol. The number of carbonyl (C=O) groups excluding carboxylic acids is 1. The van der Waals surface area contributed by atoms with E-state index < -0.39 is 10.0 Å². The normalized spacial score (nSPS) is 11.7. The summed E-state index contributed by atoms with van der Waals surface area (Å²) in [7, 11) is -3.69. The number of amides is 1. The van der Waals surface area contributed by atoms with E-state index in [2.05, 4.69) is 5.32 Å². The molecule has 0 aliphatic heterocycles. The van der Waals surface area contributed by atoms with Crippen LogP contribution in [-0.2, 0) is 10.0 Å². The standard InChI is InChI=1S/C14H21ClN2O3S/c1-4-9-16-14(18)11-7-8-12(15)13(10-11)21(19,20)17(5-2)6-3/h7-8,10H,4-6,9H2,1-3H3,(H,16,18). The number of nitrogens with zero attached hydrogens (tertiary/aromatic N) is 1. The molecule has 0 radical (unpaired) electrons. The Bertz CT molecular complexity index is 598. The van der Waals surface area contributed by atoms with Crippen molar-refractivity contribution in [2.75, 3.05) is 19.6 Å². The molecule has 0 saturated heterocycles. The topological polar surface area (TPSA) is 66.5 Å². The summed E-state index contributed by atoms with van der Waals surface area (Å²) in [6.07, 6.45) is 0.809. The van der Waals surface area contributed by atoms with E-state index in [0.717, 1.165) is 6.42 Å². The van der Waals surface area contributed by atoms with Crippen LogP contribution in [0.1, 0.15) is 37.6 Å². The van der Waals surface area contributed by atoms with Crippen LogP contribution in [0.15, 0.2) is 23.1 Å². The Balaban J connectivity index is 3.22. The van der Waals surface area contributed by atoms with E-state index in [1.165, 1.54) is 22.5 Å². The van der Waals surface area contributed by atoms with Gasteiger partial charge in [-0.15, -0.1) is 0 Å². The second-order valence-corrected chi connectivity index (χ2v) is 6.80. The van der Waals surface area contributed by atoms with Crippen molar-refractivity contribution in [1.82, 2.24) is 9.62 Å². The molecule has 0 heterocycles. The van der Waals surface area contributed by atoms with Crippen molar-refractivity contribution in [3.05, 3.63) is 28.8 Å². The third kappa shape index (κ3) is 4.18. The summed E-state index contributed by atoms with van der Waals surface area (Å²) in [5.74, 6) is -0.301. The minimum atomic E-state index is -3.69. The third-order valence-electron chi connectivity index (χ3n) is 3.05. The third-order valence-corrected chi connectivity index (χ3v) is 5.58. The van der Waals surface area contributed by atoms with E-state index in [1.807, 2.05) is 6.92 Å². The molecular formula is C14H21ClN2O3S. The van der Waals surface area contributed by atoms with Gasteiger partial charge in [-0.3, -0.25) is 4.79 Å². The first kappa shape index (κ1) is 17.9. The maximum atomic E-state index is 12.5. The average molecular weight is 333 g/mol. The van der Waals surface area contributed by atoms with E-state index in [0.29, 0.717) is 25.2 Å². The molecule has 7 heteroatoms. The second kappa shape index (κ2) is 7.77. The molecule has 0 bridgehead atoms. The quantitative estimate of drug-likeness (QED) is 0.834. The summed E-state index contributed by atoms with van der Waals surface area (Å²) in [6, 6.07) is 4.30. The van der Waals surface area contributed by atoms with Crippen LogP contribution in [0.3, 0.4) is 0 Å². The number of halogens is 1. The van der Waals surface area contributed by atoms with Crippen molar-refractivity contribution >= 4 is 27.5 Å². The lowest BCUT2D eigenvalue weighted by Crippen LogP contribution is -2.31. The number of carbonyl (C=O) groups is 1. The van der Waals surface area contributed by atoms with E-state index in [1.54, 1.807) is 13.8 Å². The lowest BCUT2D eigenvalue weighted by Gasteiger charge is -2.19. The molecule has 5 nitrogen and oxygen atoms in total. The zero-order valence-electron chi connectivity index (χ0n) is 12.5. The van der Waals surface area contributed by atoms with Gasteiger partial charge in [-0.1, -0.05) is 32.4 Å². The molecule has 1 N–H and O–H groups in total. The van der Waals surface area contributed by atoms with Crippen molar-refractivity contribution < 1.29 is 13.2 Å². The maximum Gasteiger partial charge on any atom is 0.251 e. The number of rotatable bonds is 7. The fourth-order valence-corrected chi connectivity index (χ4v) is 3.84. The zero-order valence-corrected chi connectivity index (χ0v) is 14.1. The first-order valence-corrected chi connectivity index (χ1v) is 8.78. The van der Waals surface area contributed by atoms with Crippen molar-refractivity contribution in [3.8, 4) is 0 Å². The minimum absolute atomic E-state index is 0.0305. The molecule has 0 saturated carbocycles. The molecule has 0 fully saturated rings. The first-order valence-electron chi connectivity index (χ1n) is 6.96. The number of sulfonamides is 1. The van der Waals surface area contributed by atoms with Crippen LogP contribution in [-0.4, -0.2) is 38.3 Å².